The third kappa shape index (κ3) is 4.78. The number of aliphatic hydroxyl groups excluding tert-OH is 1. The first-order valence-electron chi connectivity index (χ1n) is 6.23. The molecule has 0 aliphatic rings. The van der Waals surface area contributed by atoms with Crippen molar-refractivity contribution < 1.29 is 15.0 Å². The standard InChI is InChI=1S/C12H16N2O5S/c15-8-3-1-2-4-9-20-12-10(13(16)17)6-5-7-11(12)14(18)19/h5-7,15H,1-4,8-9H2. The van der Waals surface area contributed by atoms with Crippen LogP contribution in [0.5, 0.6) is 0 Å². The number of thioether (sulfide) groups is 1. The summed E-state index contributed by atoms with van der Waals surface area (Å²) in [5, 5.41) is 30.5. The summed E-state index contributed by atoms with van der Waals surface area (Å²) < 4.78 is 0. The monoisotopic (exact) mass is 300 g/mol. The van der Waals surface area contributed by atoms with Crippen molar-refractivity contribution in [2.75, 3.05) is 12.4 Å². The van der Waals surface area contributed by atoms with Gasteiger partial charge in [-0.3, -0.25) is 20.2 Å². The van der Waals surface area contributed by atoms with E-state index in [0.717, 1.165) is 37.4 Å². The molecule has 0 amide bonds. The Labute approximate surface area is 120 Å². The van der Waals surface area contributed by atoms with Gasteiger partial charge in [-0.1, -0.05) is 12.8 Å². The number of nitrogens with zero attached hydrogens (tertiary/aromatic N) is 2. The largest absolute Gasteiger partial charge is 0.396 e. The fourth-order valence-corrected chi connectivity index (χ4v) is 2.82. The molecule has 110 valence electrons. The minimum Gasteiger partial charge on any atom is -0.396 e. The lowest BCUT2D eigenvalue weighted by molar-refractivity contribution is -0.399. The molecule has 0 heterocycles. The predicted octanol–water partition coefficient (Wildman–Crippen LogP) is 3.15. The molecule has 1 aromatic rings. The van der Waals surface area contributed by atoms with E-state index in [-0.39, 0.29) is 22.9 Å². The average Bonchev–Trinajstić information content (AvgIpc) is 2.42. The zero-order valence-corrected chi connectivity index (χ0v) is 11.7. The highest BCUT2D eigenvalue weighted by atomic mass is 32.2. The molecule has 0 radical (unpaired) electrons. The van der Waals surface area contributed by atoms with Gasteiger partial charge in [0.1, 0.15) is 0 Å². The van der Waals surface area contributed by atoms with E-state index in [9.17, 15) is 20.2 Å². The first kappa shape index (κ1) is 16.4. The number of nitro groups is 2. The zero-order valence-electron chi connectivity index (χ0n) is 10.9. The number of aliphatic hydroxyl groups is 1. The molecule has 0 unspecified atom stereocenters. The van der Waals surface area contributed by atoms with Crippen LogP contribution in [0.3, 0.4) is 0 Å². The summed E-state index contributed by atoms with van der Waals surface area (Å²) in [6.07, 6.45) is 3.31. The maximum Gasteiger partial charge on any atom is 0.289 e. The molecule has 0 aromatic heterocycles. The lowest BCUT2D eigenvalue weighted by Crippen LogP contribution is -1.97. The van der Waals surface area contributed by atoms with Gasteiger partial charge in [0.25, 0.3) is 11.4 Å². The van der Waals surface area contributed by atoms with E-state index in [4.69, 9.17) is 5.11 Å². The fourth-order valence-electron chi connectivity index (χ4n) is 1.69. The van der Waals surface area contributed by atoms with E-state index < -0.39 is 9.85 Å². The summed E-state index contributed by atoms with van der Waals surface area (Å²) in [5.74, 6) is 0.580. The second kappa shape index (κ2) is 8.49. The third-order valence-corrected chi connectivity index (χ3v) is 3.87. The quantitative estimate of drug-likeness (QED) is 0.325. The van der Waals surface area contributed by atoms with Gasteiger partial charge in [0, 0.05) is 18.7 Å². The molecule has 0 saturated heterocycles. The Morgan fingerprint density at radius 1 is 1.00 bits per heavy atom. The minimum absolute atomic E-state index is 0.115. The molecule has 7 nitrogen and oxygen atoms in total. The van der Waals surface area contributed by atoms with Crippen molar-refractivity contribution in [3.8, 4) is 0 Å². The molecule has 8 heteroatoms. The predicted molar refractivity (Wildman–Crippen MR) is 76.0 cm³/mol. The Morgan fingerprint density at radius 2 is 1.55 bits per heavy atom. The van der Waals surface area contributed by atoms with E-state index in [1.54, 1.807) is 0 Å². The lowest BCUT2D eigenvalue weighted by Gasteiger charge is -2.04. The number of hydrogen-bond acceptors (Lipinski definition) is 6. The van der Waals surface area contributed by atoms with Crippen LogP contribution in [-0.2, 0) is 0 Å². The van der Waals surface area contributed by atoms with Crippen LogP contribution in [0.25, 0.3) is 0 Å². The molecule has 0 bridgehead atoms. The van der Waals surface area contributed by atoms with Crippen molar-refractivity contribution in [1.82, 2.24) is 0 Å². The summed E-state index contributed by atoms with van der Waals surface area (Å²) in [5.41, 5.74) is -0.445. The van der Waals surface area contributed by atoms with Gasteiger partial charge in [-0.05, 0) is 24.7 Å². The minimum atomic E-state index is -0.596. The van der Waals surface area contributed by atoms with Crippen LogP contribution in [0.1, 0.15) is 25.7 Å². The molecule has 0 atom stereocenters. The van der Waals surface area contributed by atoms with Crippen LogP contribution in [0.2, 0.25) is 0 Å². The first-order chi connectivity index (χ1) is 9.57. The van der Waals surface area contributed by atoms with Crippen LogP contribution in [0.15, 0.2) is 23.1 Å². The van der Waals surface area contributed by atoms with Crippen molar-refractivity contribution in [2.24, 2.45) is 0 Å². The van der Waals surface area contributed by atoms with Crippen molar-refractivity contribution in [1.29, 1.82) is 0 Å². The smallest absolute Gasteiger partial charge is 0.289 e. The molecule has 0 fully saturated rings. The summed E-state index contributed by atoms with van der Waals surface area (Å²) >= 11 is 1.14. The lowest BCUT2D eigenvalue weighted by atomic mass is 10.2. The topological polar surface area (TPSA) is 107 Å². The molecular formula is C12H16N2O5S. The highest BCUT2D eigenvalue weighted by Crippen LogP contribution is 2.37. The van der Waals surface area contributed by atoms with Crippen molar-refractivity contribution in [3.63, 3.8) is 0 Å². The van der Waals surface area contributed by atoms with Crippen LogP contribution in [-0.4, -0.2) is 27.3 Å². The second-order valence-corrected chi connectivity index (χ2v) is 5.23. The third-order valence-electron chi connectivity index (χ3n) is 2.67. The van der Waals surface area contributed by atoms with E-state index in [2.05, 4.69) is 0 Å². The maximum absolute atomic E-state index is 10.9. The van der Waals surface area contributed by atoms with Crippen LogP contribution >= 0.6 is 11.8 Å². The number of unbranched alkanes of at least 4 members (excludes halogenated alkanes) is 3. The van der Waals surface area contributed by atoms with Crippen LogP contribution < -0.4 is 0 Å². The van der Waals surface area contributed by atoms with Gasteiger partial charge in [0.15, 0.2) is 4.90 Å². The van der Waals surface area contributed by atoms with Gasteiger partial charge < -0.3 is 5.11 Å². The van der Waals surface area contributed by atoms with E-state index in [1.165, 1.54) is 18.2 Å². The van der Waals surface area contributed by atoms with Gasteiger partial charge in [-0.25, -0.2) is 0 Å². The molecule has 20 heavy (non-hydrogen) atoms. The molecule has 0 aliphatic carbocycles. The van der Waals surface area contributed by atoms with Gasteiger partial charge >= 0.3 is 0 Å². The van der Waals surface area contributed by atoms with Gasteiger partial charge in [0.05, 0.1) is 9.85 Å². The molecule has 1 aromatic carbocycles. The Kier molecular flexibility index (Phi) is 6.96. The van der Waals surface area contributed by atoms with E-state index >= 15 is 0 Å². The Hall–Kier alpha value is -1.67. The number of benzene rings is 1. The van der Waals surface area contributed by atoms with Crippen LogP contribution in [0.4, 0.5) is 11.4 Å². The van der Waals surface area contributed by atoms with Gasteiger partial charge in [-0.2, -0.15) is 0 Å². The van der Waals surface area contributed by atoms with Gasteiger partial charge in [-0.15, -0.1) is 11.8 Å². The normalized spacial score (nSPS) is 10.4. The molecule has 0 saturated carbocycles. The van der Waals surface area contributed by atoms with Gasteiger partial charge in [0.2, 0.25) is 0 Å². The Balaban J connectivity index is 2.71. The summed E-state index contributed by atoms with van der Waals surface area (Å²) in [6, 6.07) is 3.88. The maximum atomic E-state index is 10.9. The summed E-state index contributed by atoms with van der Waals surface area (Å²) in [7, 11) is 0. The van der Waals surface area contributed by atoms with Crippen molar-refractivity contribution in [3.05, 3.63) is 38.4 Å². The van der Waals surface area contributed by atoms with Crippen molar-refractivity contribution >= 4 is 23.1 Å². The number of hydrogen-bond donors (Lipinski definition) is 1. The highest BCUT2D eigenvalue weighted by Gasteiger charge is 2.24. The number of nitro benzene ring substituents is 2. The average molecular weight is 300 g/mol. The summed E-state index contributed by atoms with van der Waals surface area (Å²) in [6.45, 7) is 0.156. The molecule has 0 spiro atoms. The molecular weight excluding hydrogens is 284 g/mol. The van der Waals surface area contributed by atoms with E-state index in [0.29, 0.717) is 5.75 Å². The SMILES string of the molecule is O=[N+]([O-])c1cccc([N+](=O)[O-])c1SCCCCCCO. The molecule has 0 aliphatic heterocycles. The fraction of sp³-hybridized carbons (Fsp3) is 0.500. The van der Waals surface area contributed by atoms with Crippen molar-refractivity contribution in [2.45, 2.75) is 30.6 Å². The number of rotatable bonds is 9. The molecule has 1 rings (SSSR count). The van der Waals surface area contributed by atoms with E-state index in [1.807, 2.05) is 0 Å². The Bertz CT molecular complexity index is 449. The van der Waals surface area contributed by atoms with Crippen LogP contribution in [0, 0.1) is 20.2 Å². The Morgan fingerprint density at radius 3 is 2.05 bits per heavy atom. The molecule has 1 N–H and O–H groups in total. The zero-order chi connectivity index (χ0) is 15.0. The second-order valence-electron chi connectivity index (χ2n) is 4.13. The summed E-state index contributed by atoms with van der Waals surface area (Å²) in [4.78, 5) is 20.7. The first-order valence-corrected chi connectivity index (χ1v) is 7.22. The highest BCUT2D eigenvalue weighted by molar-refractivity contribution is 7.99.